The van der Waals surface area contributed by atoms with Crippen molar-refractivity contribution in [2.75, 3.05) is 0 Å². The summed E-state index contributed by atoms with van der Waals surface area (Å²) in [6.45, 7) is 7.81. The number of aryl methyl sites for hydroxylation is 2. The third-order valence-electron chi connectivity index (χ3n) is 4.32. The number of thioether (sulfide) groups is 1. The second-order valence-corrected chi connectivity index (χ2v) is 8.19. The highest BCUT2D eigenvalue weighted by Gasteiger charge is 2.11. The van der Waals surface area contributed by atoms with Gasteiger partial charge < -0.3 is 10.1 Å². The maximum Gasteiger partial charge on any atom is 0.262 e. The van der Waals surface area contributed by atoms with Crippen molar-refractivity contribution in [3.05, 3.63) is 84.5 Å². The molecule has 29 heavy (non-hydrogen) atoms. The molecule has 0 saturated heterocycles. The van der Waals surface area contributed by atoms with E-state index in [9.17, 15) is 9.90 Å². The number of benzene rings is 1. The van der Waals surface area contributed by atoms with E-state index < -0.39 is 5.56 Å². The van der Waals surface area contributed by atoms with Crippen LogP contribution in [-0.4, -0.2) is 19.6 Å². The lowest BCUT2D eigenvalue weighted by Crippen LogP contribution is -2.25. The third-order valence-corrected chi connectivity index (χ3v) is 6.03. The van der Waals surface area contributed by atoms with E-state index in [0.717, 1.165) is 15.9 Å². The average molecular weight is 446 g/mol. The zero-order valence-electron chi connectivity index (χ0n) is 16.0. The van der Waals surface area contributed by atoms with Gasteiger partial charge in [-0.2, -0.15) is 0 Å². The quantitative estimate of drug-likeness (QED) is 0.317. The number of rotatable bonds is 5. The maximum absolute atomic E-state index is 12.4. The van der Waals surface area contributed by atoms with Gasteiger partial charge in [0.1, 0.15) is 5.56 Å². The summed E-state index contributed by atoms with van der Waals surface area (Å²) in [6.07, 6.45) is 3.15. The number of hydrogen-bond donors (Lipinski definition) is 3. The van der Waals surface area contributed by atoms with Gasteiger partial charge in [-0.3, -0.25) is 14.3 Å². The van der Waals surface area contributed by atoms with Crippen molar-refractivity contribution < 1.29 is 5.11 Å². The van der Waals surface area contributed by atoms with Crippen LogP contribution < -0.4 is 16.1 Å². The summed E-state index contributed by atoms with van der Waals surface area (Å²) in [4.78, 5) is 19.3. The van der Waals surface area contributed by atoms with Gasteiger partial charge in [-0.1, -0.05) is 47.1 Å². The fourth-order valence-electron chi connectivity index (χ4n) is 2.77. The van der Waals surface area contributed by atoms with Gasteiger partial charge in [0, 0.05) is 27.8 Å². The van der Waals surface area contributed by atoms with Crippen molar-refractivity contribution in [2.45, 2.75) is 25.3 Å². The molecular weight excluding hydrogens is 426 g/mol. The van der Waals surface area contributed by atoms with E-state index in [4.69, 9.17) is 23.8 Å². The minimum absolute atomic E-state index is 0.0799. The first-order chi connectivity index (χ1) is 13.8. The topological polar surface area (TPSA) is 73.8 Å². The molecule has 2 aromatic heterocycles. The number of aromatic nitrogens is 3. The van der Waals surface area contributed by atoms with Crippen molar-refractivity contribution in [1.29, 1.82) is 0 Å². The molecule has 0 amide bonds. The summed E-state index contributed by atoms with van der Waals surface area (Å²) in [5.41, 5.74) is 1.55. The Balaban J connectivity index is 2.18. The first-order valence-electron chi connectivity index (χ1n) is 8.78. The lowest BCUT2D eigenvalue weighted by Gasteiger charge is -2.08. The molecule has 0 unspecified atom stereocenters. The van der Waals surface area contributed by atoms with Crippen LogP contribution in [0.15, 0.2) is 46.6 Å². The zero-order chi connectivity index (χ0) is 21.1. The molecule has 0 bridgehead atoms. The summed E-state index contributed by atoms with van der Waals surface area (Å²) in [5, 5.41) is 14.4. The highest BCUT2D eigenvalue weighted by atomic mass is 35.5. The molecule has 3 rings (SSSR count). The Morgan fingerprint density at radius 1 is 1.28 bits per heavy atom. The van der Waals surface area contributed by atoms with Crippen LogP contribution in [0.1, 0.15) is 16.8 Å². The summed E-state index contributed by atoms with van der Waals surface area (Å²) in [5.74, 6) is -0.231. The second-order valence-electron chi connectivity index (χ2n) is 6.48. The molecule has 0 aliphatic heterocycles. The monoisotopic (exact) mass is 445 g/mol. The van der Waals surface area contributed by atoms with E-state index >= 15 is 0 Å². The Morgan fingerprint density at radius 2 is 1.97 bits per heavy atom. The normalized spacial score (nSPS) is 12.5. The first kappa shape index (κ1) is 21.2. The molecule has 0 atom stereocenters. The van der Waals surface area contributed by atoms with Gasteiger partial charge in [-0.25, -0.2) is 0 Å². The first-order valence-corrected chi connectivity index (χ1v) is 10.4. The van der Waals surface area contributed by atoms with Gasteiger partial charge >= 0.3 is 0 Å². The van der Waals surface area contributed by atoms with Crippen LogP contribution >= 0.6 is 35.6 Å². The van der Waals surface area contributed by atoms with E-state index in [-0.39, 0.29) is 22.8 Å². The Bertz CT molecular complexity index is 1300. The average Bonchev–Trinajstić information content (AvgIpc) is 2.95. The molecule has 0 fully saturated rings. The molecule has 8 heteroatoms. The molecule has 0 radical (unpaired) electrons. The number of halogens is 1. The van der Waals surface area contributed by atoms with Crippen molar-refractivity contribution in [3.8, 4) is 5.88 Å². The molecule has 0 aliphatic rings. The molecule has 3 N–H and O–H groups in total. The second kappa shape index (κ2) is 8.90. The standard InChI is InChI=1S/C21H20ClN3O2S2/c1-4-9-25-20(27)16(19(26)24-21(25)28)10-15-17(23-13(3)18(15)22)11-29-14-7-5-12(2)6-8-14/h4-8,10-11,23,27H,1,9H2,2-3H3,(H,24,26,28). The molecule has 0 aliphatic carbocycles. The Labute approximate surface area is 182 Å². The van der Waals surface area contributed by atoms with Crippen LogP contribution in [0.25, 0.3) is 11.5 Å². The number of H-pyrrole nitrogens is 2. The number of nitrogens with zero attached hydrogens (tertiary/aromatic N) is 1. The molecule has 150 valence electrons. The Hall–Kier alpha value is -2.48. The summed E-state index contributed by atoms with van der Waals surface area (Å²) in [7, 11) is 0. The maximum atomic E-state index is 12.4. The Kier molecular flexibility index (Phi) is 6.52. The van der Waals surface area contributed by atoms with Gasteiger partial charge in [0.25, 0.3) is 5.56 Å². The van der Waals surface area contributed by atoms with E-state index in [2.05, 4.69) is 16.5 Å². The fraction of sp³-hybridized carbons (Fsp3) is 0.143. The van der Waals surface area contributed by atoms with Crippen LogP contribution in [0.2, 0.25) is 5.02 Å². The van der Waals surface area contributed by atoms with Crippen LogP contribution in [0.3, 0.4) is 0 Å². The van der Waals surface area contributed by atoms with Crippen molar-refractivity contribution in [1.82, 2.24) is 14.5 Å². The van der Waals surface area contributed by atoms with Crippen molar-refractivity contribution in [2.24, 2.45) is 0 Å². The molecule has 1 aromatic carbocycles. The van der Waals surface area contributed by atoms with Crippen LogP contribution in [0.5, 0.6) is 5.88 Å². The third kappa shape index (κ3) is 4.58. The highest BCUT2D eigenvalue weighted by Crippen LogP contribution is 2.19. The predicted octanol–water partition coefficient (Wildman–Crippen LogP) is 3.75. The Morgan fingerprint density at radius 3 is 2.62 bits per heavy atom. The van der Waals surface area contributed by atoms with Crippen molar-refractivity contribution >= 4 is 47.1 Å². The number of aromatic amines is 2. The predicted molar refractivity (Wildman–Crippen MR) is 123 cm³/mol. The number of aromatic hydroxyl groups is 1. The van der Waals surface area contributed by atoms with Crippen molar-refractivity contribution in [3.63, 3.8) is 0 Å². The smallest absolute Gasteiger partial charge is 0.262 e. The lowest BCUT2D eigenvalue weighted by molar-refractivity contribution is 0.412. The molecule has 0 saturated carbocycles. The SMILES string of the molecule is C=CCn1c(O)c(C=c2c(Cl)c(C)[nH]c2=CSc2ccc(C)cc2)c(=O)[nH]c1=S. The molecule has 0 spiro atoms. The highest BCUT2D eigenvalue weighted by molar-refractivity contribution is 8.06. The van der Waals surface area contributed by atoms with Gasteiger partial charge in [0.2, 0.25) is 5.88 Å². The van der Waals surface area contributed by atoms with Crippen LogP contribution in [0, 0.1) is 18.6 Å². The lowest BCUT2D eigenvalue weighted by atomic mass is 10.2. The van der Waals surface area contributed by atoms with Gasteiger partial charge in [-0.15, -0.1) is 6.58 Å². The molecule has 5 nitrogen and oxygen atoms in total. The van der Waals surface area contributed by atoms with Crippen LogP contribution in [0.4, 0.5) is 0 Å². The molecule has 3 aromatic rings. The minimum Gasteiger partial charge on any atom is -0.494 e. The van der Waals surface area contributed by atoms with E-state index in [1.54, 1.807) is 12.2 Å². The zero-order valence-corrected chi connectivity index (χ0v) is 18.3. The van der Waals surface area contributed by atoms with E-state index in [1.807, 2.05) is 43.5 Å². The van der Waals surface area contributed by atoms with E-state index in [1.165, 1.54) is 21.9 Å². The summed E-state index contributed by atoms with van der Waals surface area (Å²) < 4.78 is 1.52. The number of nitrogens with one attached hydrogen (secondary N) is 2. The van der Waals surface area contributed by atoms with Gasteiger partial charge in [0.05, 0.1) is 10.4 Å². The minimum atomic E-state index is -0.486. The fourth-order valence-corrected chi connectivity index (χ4v) is 3.96. The van der Waals surface area contributed by atoms with Crippen LogP contribution in [-0.2, 0) is 6.54 Å². The summed E-state index contributed by atoms with van der Waals surface area (Å²) in [6, 6.07) is 8.16. The van der Waals surface area contributed by atoms with Gasteiger partial charge in [-0.05, 0) is 44.3 Å². The largest absolute Gasteiger partial charge is 0.494 e. The molecular formula is C21H20ClN3O2S2. The number of allylic oxidation sites excluding steroid dienone is 1. The van der Waals surface area contributed by atoms with E-state index in [0.29, 0.717) is 10.2 Å². The van der Waals surface area contributed by atoms with Gasteiger partial charge in [0.15, 0.2) is 4.77 Å². The summed E-state index contributed by atoms with van der Waals surface area (Å²) >= 11 is 13.1. The molecule has 2 heterocycles. The number of hydrogen-bond acceptors (Lipinski definition) is 4.